The van der Waals surface area contributed by atoms with Crippen molar-refractivity contribution < 1.29 is 38.4 Å². The summed E-state index contributed by atoms with van der Waals surface area (Å²) in [5.74, 6) is -3.15. The summed E-state index contributed by atoms with van der Waals surface area (Å²) in [6, 6.07) is 23.4. The first-order valence-electron chi connectivity index (χ1n) is 28.5. The summed E-state index contributed by atoms with van der Waals surface area (Å²) in [7, 11) is 1.73. The van der Waals surface area contributed by atoms with Crippen molar-refractivity contribution in [2.45, 2.75) is 172 Å². The first-order chi connectivity index (χ1) is 36.8. The lowest BCUT2D eigenvalue weighted by Crippen LogP contribution is -2.58. The van der Waals surface area contributed by atoms with Crippen LogP contribution in [0.5, 0.6) is 0 Å². The molecule has 3 aromatic carbocycles. The Balaban J connectivity index is 0.0000134. The molecule has 0 radical (unpaired) electrons. The summed E-state index contributed by atoms with van der Waals surface area (Å²) in [5, 5.41) is 8.92. The molecule has 0 saturated carbocycles. The molecule has 6 amide bonds. The molecule has 2 aliphatic rings. The van der Waals surface area contributed by atoms with E-state index in [-0.39, 0.29) is 104 Å². The van der Waals surface area contributed by atoms with Gasteiger partial charge < -0.3 is 35.6 Å². The molecule has 0 spiro atoms. The number of Topliss-reactive ketones (excluding diaryl/α,β-unsaturated/α-hetero) is 2. The van der Waals surface area contributed by atoms with Crippen LogP contribution in [0.1, 0.15) is 160 Å². The maximum atomic E-state index is 14.5. The number of likely N-dealkylation sites (tertiary alicyclic amines) is 2. The number of hydrogen-bond acceptors (Lipinski definition) is 9. The van der Waals surface area contributed by atoms with Crippen LogP contribution >= 0.6 is 0 Å². The third-order valence-corrected chi connectivity index (χ3v) is 16.1. The van der Waals surface area contributed by atoms with Crippen LogP contribution in [0.15, 0.2) is 84.9 Å². The van der Waals surface area contributed by atoms with E-state index < -0.39 is 40.7 Å². The van der Waals surface area contributed by atoms with Crippen molar-refractivity contribution in [3.8, 4) is 0 Å². The van der Waals surface area contributed by atoms with Crippen LogP contribution in [0.25, 0.3) is 0 Å². The van der Waals surface area contributed by atoms with Gasteiger partial charge in [0.2, 0.25) is 29.5 Å². The number of nitrogens with one attached hydrogen (secondary N) is 3. The highest BCUT2D eigenvalue weighted by atomic mass is 16.2. The number of carbonyl (C=O) groups excluding carboxylic acids is 8. The van der Waals surface area contributed by atoms with E-state index in [0.717, 1.165) is 24.0 Å². The van der Waals surface area contributed by atoms with Crippen molar-refractivity contribution in [1.82, 2.24) is 35.6 Å². The molecule has 0 aliphatic carbocycles. The highest BCUT2D eigenvalue weighted by molar-refractivity contribution is 6.01. The Morgan fingerprint density at radius 1 is 0.595 bits per heavy atom. The number of rotatable bonds is 26. The first kappa shape index (κ1) is 65.3. The molecule has 2 heterocycles. The Morgan fingerprint density at radius 3 is 1.54 bits per heavy atom. The van der Waals surface area contributed by atoms with Gasteiger partial charge in [0.25, 0.3) is 5.91 Å². The summed E-state index contributed by atoms with van der Waals surface area (Å²) in [4.78, 5) is 119. The number of hydrogen-bond donors (Lipinski definition) is 3. The lowest BCUT2D eigenvalue weighted by Gasteiger charge is -2.38. The molecule has 0 bridgehead atoms. The fourth-order valence-corrected chi connectivity index (χ4v) is 10.5. The van der Waals surface area contributed by atoms with Gasteiger partial charge in [-0.25, -0.2) is 0 Å². The molecule has 434 valence electrons. The summed E-state index contributed by atoms with van der Waals surface area (Å²) < 4.78 is 0. The van der Waals surface area contributed by atoms with Crippen molar-refractivity contribution >= 4 is 47.0 Å². The average molecular weight is 1090 g/mol. The van der Waals surface area contributed by atoms with Crippen LogP contribution in [0.3, 0.4) is 0 Å². The molecule has 0 aromatic heterocycles. The van der Waals surface area contributed by atoms with Crippen molar-refractivity contribution in [1.29, 1.82) is 0 Å². The number of likely N-dealkylation sites (N-methyl/N-ethyl adjacent to an activating group) is 1. The standard InChI is InChI=1S/C63H91N7O8.CH4/c1-13-42(2)56(73)66-55(63(9,10)11)61(78)70-35-21-27-51(70)40-67(36-32-46-22-16-14-17-23-46)58(75)43(3)38-54(72)48-28-30-49(31-29-48)57(74)65-45(5)59(76)68(37-33-47-24-18-15-19-25-47)41-50-26-20-34-69(50)60(77)52(62(6,7)8)39-53(71)44(4)64-12;/h14-19,22-25,28-31,42-45,50-52,55,64H,13,20-21,26-27,32-41H2,1-12H3,(H,65,74)(H,66,73);1H4/t42-,43+,44+,45-,50+,51+,52-,55-;/m1./s1. The number of benzene rings is 3. The van der Waals surface area contributed by atoms with Gasteiger partial charge >= 0.3 is 0 Å². The average Bonchev–Trinajstić information content (AvgIpc) is 4.12. The summed E-state index contributed by atoms with van der Waals surface area (Å²) in [6.07, 6.45) is 4.78. The van der Waals surface area contributed by atoms with Crippen LogP contribution in [0.4, 0.5) is 0 Å². The van der Waals surface area contributed by atoms with Gasteiger partial charge in [-0.1, -0.05) is 143 Å². The monoisotopic (exact) mass is 1090 g/mol. The maximum absolute atomic E-state index is 14.5. The Bertz CT molecular complexity index is 2330. The van der Waals surface area contributed by atoms with Gasteiger partial charge in [-0.05, 0) is 99.9 Å². The molecular weight excluding hydrogens is 995 g/mol. The van der Waals surface area contributed by atoms with E-state index in [1.807, 2.05) is 126 Å². The predicted octanol–water partition coefficient (Wildman–Crippen LogP) is 8.58. The molecular formula is C64H95N7O8. The molecule has 3 aromatic rings. The van der Waals surface area contributed by atoms with Gasteiger partial charge in [0.15, 0.2) is 5.78 Å². The van der Waals surface area contributed by atoms with Crippen LogP contribution in [0, 0.1) is 28.6 Å². The highest BCUT2D eigenvalue weighted by Crippen LogP contribution is 2.34. The topological polar surface area (TPSA) is 186 Å². The number of ketones is 2. The third kappa shape index (κ3) is 18.4. The van der Waals surface area contributed by atoms with E-state index in [9.17, 15) is 38.4 Å². The fraction of sp³-hybridized carbons (Fsp3) is 0.594. The first-order valence-corrected chi connectivity index (χ1v) is 28.5. The van der Waals surface area contributed by atoms with Crippen LogP contribution < -0.4 is 16.0 Å². The SMILES string of the molecule is C.CC[C@@H](C)C(=O)N[C@H](C(=O)N1CCC[C@H]1CN(CCc1ccccc1)C(=O)[C@@H](C)CC(=O)c1ccc(C(=O)N[C@H](C)C(=O)N(CCc2ccccc2)C[C@@H]2CCCN2C(=O)[C@@H](CC(=O)[C@H](C)NC)C(C)(C)C)cc1)C(C)(C)C. The van der Waals surface area contributed by atoms with E-state index >= 15 is 0 Å². The summed E-state index contributed by atoms with van der Waals surface area (Å²) in [5.41, 5.74) is 1.67. The highest BCUT2D eigenvalue weighted by Gasteiger charge is 2.43. The van der Waals surface area contributed by atoms with E-state index in [2.05, 4.69) is 16.0 Å². The Hall–Kier alpha value is -6.22. The van der Waals surface area contributed by atoms with Gasteiger partial charge in [-0.15, -0.1) is 0 Å². The zero-order chi connectivity index (χ0) is 57.5. The minimum atomic E-state index is -0.926. The normalized spacial score (nSPS) is 17.8. The Morgan fingerprint density at radius 2 is 1.08 bits per heavy atom. The van der Waals surface area contributed by atoms with Gasteiger partial charge in [0, 0.05) is 93.1 Å². The van der Waals surface area contributed by atoms with Gasteiger partial charge in [-0.3, -0.25) is 38.4 Å². The van der Waals surface area contributed by atoms with E-state index in [0.29, 0.717) is 63.8 Å². The minimum Gasteiger partial charge on any atom is -0.344 e. The van der Waals surface area contributed by atoms with Crippen LogP contribution in [-0.4, -0.2) is 143 Å². The maximum Gasteiger partial charge on any atom is 0.251 e. The zero-order valence-corrected chi connectivity index (χ0v) is 48.9. The smallest absolute Gasteiger partial charge is 0.251 e. The molecule has 2 fully saturated rings. The molecule has 3 N–H and O–H groups in total. The number of carbonyl (C=O) groups is 8. The van der Waals surface area contributed by atoms with Gasteiger partial charge in [0.05, 0.1) is 6.04 Å². The second-order valence-corrected chi connectivity index (χ2v) is 24.2. The summed E-state index contributed by atoms with van der Waals surface area (Å²) in [6.45, 7) is 23.1. The molecule has 0 unspecified atom stereocenters. The zero-order valence-electron chi connectivity index (χ0n) is 48.9. The van der Waals surface area contributed by atoms with E-state index in [4.69, 9.17) is 0 Å². The summed E-state index contributed by atoms with van der Waals surface area (Å²) >= 11 is 0. The Kier molecular flexibility index (Phi) is 24.7. The fourth-order valence-electron chi connectivity index (χ4n) is 10.5. The van der Waals surface area contributed by atoms with Gasteiger partial charge in [-0.2, -0.15) is 0 Å². The molecule has 8 atom stereocenters. The third-order valence-electron chi connectivity index (χ3n) is 16.1. The molecule has 15 heteroatoms. The quantitative estimate of drug-likeness (QED) is 0.0663. The van der Waals surface area contributed by atoms with E-state index in [1.54, 1.807) is 61.9 Å². The van der Waals surface area contributed by atoms with Crippen LogP contribution in [-0.2, 0) is 41.6 Å². The molecule has 2 aliphatic heterocycles. The molecule has 5 rings (SSSR count). The van der Waals surface area contributed by atoms with Crippen molar-refractivity contribution in [3.63, 3.8) is 0 Å². The molecule has 15 nitrogen and oxygen atoms in total. The van der Waals surface area contributed by atoms with Crippen molar-refractivity contribution in [2.75, 3.05) is 46.3 Å². The van der Waals surface area contributed by atoms with Crippen molar-refractivity contribution in [2.24, 2.45) is 28.6 Å². The lowest BCUT2D eigenvalue weighted by atomic mass is 9.76. The van der Waals surface area contributed by atoms with Gasteiger partial charge in [0.1, 0.15) is 17.9 Å². The second kappa shape index (κ2) is 29.8. The lowest BCUT2D eigenvalue weighted by molar-refractivity contribution is -0.144. The number of nitrogens with zero attached hydrogens (tertiary/aromatic N) is 4. The second-order valence-electron chi connectivity index (χ2n) is 24.2. The largest absolute Gasteiger partial charge is 0.344 e. The van der Waals surface area contributed by atoms with Crippen molar-refractivity contribution in [3.05, 3.63) is 107 Å². The molecule has 79 heavy (non-hydrogen) atoms. The van der Waals surface area contributed by atoms with Crippen LogP contribution in [0.2, 0.25) is 0 Å². The molecule has 2 saturated heterocycles. The Labute approximate surface area is 472 Å². The minimum absolute atomic E-state index is 0. The number of amides is 6. The van der Waals surface area contributed by atoms with E-state index in [1.165, 1.54) is 0 Å². The predicted molar refractivity (Wildman–Crippen MR) is 313 cm³/mol.